The van der Waals surface area contributed by atoms with E-state index in [1.54, 1.807) is 11.3 Å². The highest BCUT2D eigenvalue weighted by Gasteiger charge is 2.42. The number of nitrogens with one attached hydrogen (secondary N) is 1. The summed E-state index contributed by atoms with van der Waals surface area (Å²) in [4.78, 5) is 4.29. The summed E-state index contributed by atoms with van der Waals surface area (Å²) < 4.78 is 1.26. The minimum atomic E-state index is 0.517. The lowest BCUT2D eigenvalue weighted by molar-refractivity contribution is 0.493. The van der Waals surface area contributed by atoms with Crippen LogP contribution in [-0.4, -0.2) is 11.0 Å². The van der Waals surface area contributed by atoms with Gasteiger partial charge in [0.15, 0.2) is 0 Å². The molecule has 1 fully saturated rings. The fourth-order valence-electron chi connectivity index (χ4n) is 2.00. The second-order valence-corrected chi connectivity index (χ2v) is 5.94. The van der Waals surface area contributed by atoms with E-state index >= 15 is 0 Å². The van der Waals surface area contributed by atoms with Gasteiger partial charge in [-0.05, 0) is 43.4 Å². The molecule has 0 saturated heterocycles. The molecule has 2 nitrogen and oxygen atoms in total. The Hall–Kier alpha value is -1.09. The van der Waals surface area contributed by atoms with Crippen LogP contribution in [0.3, 0.4) is 0 Å². The summed E-state index contributed by atoms with van der Waals surface area (Å²) in [7, 11) is 0. The van der Waals surface area contributed by atoms with Crippen LogP contribution in [0.4, 0.5) is 5.69 Å². The highest BCUT2D eigenvalue weighted by Crippen LogP contribution is 2.48. The summed E-state index contributed by atoms with van der Waals surface area (Å²) in [5.74, 6) is 0. The fourth-order valence-corrected chi connectivity index (χ4v) is 2.72. The lowest BCUT2D eigenvalue weighted by Gasteiger charge is -2.21. The zero-order valence-electron chi connectivity index (χ0n) is 9.66. The maximum atomic E-state index is 4.29. The van der Waals surface area contributed by atoms with E-state index in [1.165, 1.54) is 23.2 Å². The number of anilines is 1. The van der Waals surface area contributed by atoms with E-state index in [-0.39, 0.29) is 0 Å². The number of rotatable bonds is 3. The van der Waals surface area contributed by atoms with Crippen molar-refractivity contribution >= 4 is 27.2 Å². The molecule has 3 heteroatoms. The Morgan fingerprint density at radius 1 is 1.44 bits per heavy atom. The van der Waals surface area contributed by atoms with E-state index in [1.807, 2.05) is 5.51 Å². The van der Waals surface area contributed by atoms with Crippen molar-refractivity contribution in [2.24, 2.45) is 5.41 Å². The molecule has 1 aromatic carbocycles. The minimum absolute atomic E-state index is 0.517. The number of aromatic nitrogens is 1. The number of fused-ring (bicyclic) bond motifs is 1. The first-order valence-corrected chi connectivity index (χ1v) is 6.65. The molecule has 1 unspecified atom stereocenters. The Bertz CT molecular complexity index is 513. The summed E-state index contributed by atoms with van der Waals surface area (Å²) in [5, 5.41) is 3.61. The molecule has 0 bridgehead atoms. The van der Waals surface area contributed by atoms with Gasteiger partial charge in [-0.2, -0.15) is 0 Å². The first kappa shape index (κ1) is 10.1. The van der Waals surface area contributed by atoms with Gasteiger partial charge in [-0.1, -0.05) is 6.92 Å². The highest BCUT2D eigenvalue weighted by molar-refractivity contribution is 7.16. The second-order valence-electron chi connectivity index (χ2n) is 5.05. The van der Waals surface area contributed by atoms with E-state index in [4.69, 9.17) is 0 Å². The second kappa shape index (κ2) is 3.45. The van der Waals surface area contributed by atoms with Crippen molar-refractivity contribution < 1.29 is 0 Å². The fraction of sp³-hybridized carbons (Fsp3) is 0.462. The maximum absolute atomic E-state index is 4.29. The molecule has 1 aromatic heterocycles. The minimum Gasteiger partial charge on any atom is -0.382 e. The molecular weight excluding hydrogens is 216 g/mol. The topological polar surface area (TPSA) is 24.9 Å². The molecule has 0 spiro atoms. The SMILES string of the molecule is CC(Nc1ccc2ncsc2c1)C1(C)CC1. The third-order valence-corrected chi connectivity index (χ3v) is 4.59. The van der Waals surface area contributed by atoms with Gasteiger partial charge >= 0.3 is 0 Å². The predicted molar refractivity (Wildman–Crippen MR) is 70.0 cm³/mol. The van der Waals surface area contributed by atoms with Gasteiger partial charge in [0.05, 0.1) is 15.7 Å². The Kier molecular flexibility index (Phi) is 2.18. The number of benzene rings is 1. The summed E-state index contributed by atoms with van der Waals surface area (Å²) >= 11 is 1.70. The van der Waals surface area contributed by atoms with Crippen LogP contribution >= 0.6 is 11.3 Å². The van der Waals surface area contributed by atoms with Crippen molar-refractivity contribution in [3.63, 3.8) is 0 Å². The molecule has 16 heavy (non-hydrogen) atoms. The summed E-state index contributed by atoms with van der Waals surface area (Å²) in [6, 6.07) is 6.98. The van der Waals surface area contributed by atoms with E-state index in [2.05, 4.69) is 42.3 Å². The Balaban J connectivity index is 1.83. The summed E-state index contributed by atoms with van der Waals surface area (Å²) in [6.07, 6.45) is 2.70. The maximum Gasteiger partial charge on any atom is 0.0813 e. The zero-order chi connectivity index (χ0) is 11.2. The van der Waals surface area contributed by atoms with Crippen LogP contribution in [-0.2, 0) is 0 Å². The van der Waals surface area contributed by atoms with Crippen LogP contribution in [0.25, 0.3) is 10.2 Å². The predicted octanol–water partition coefficient (Wildman–Crippen LogP) is 3.90. The van der Waals surface area contributed by atoms with Crippen LogP contribution in [0.5, 0.6) is 0 Å². The van der Waals surface area contributed by atoms with Gasteiger partial charge in [0.2, 0.25) is 0 Å². The largest absolute Gasteiger partial charge is 0.382 e. The van der Waals surface area contributed by atoms with Crippen LogP contribution in [0.2, 0.25) is 0 Å². The quantitative estimate of drug-likeness (QED) is 0.868. The third kappa shape index (κ3) is 1.69. The molecule has 1 atom stereocenters. The van der Waals surface area contributed by atoms with Gasteiger partial charge in [-0.15, -0.1) is 11.3 Å². The summed E-state index contributed by atoms with van der Waals surface area (Å²) in [5.41, 5.74) is 4.74. The zero-order valence-corrected chi connectivity index (χ0v) is 10.5. The molecule has 1 heterocycles. The molecule has 0 aliphatic heterocycles. The molecule has 0 amide bonds. The van der Waals surface area contributed by atoms with Crippen molar-refractivity contribution in [2.75, 3.05) is 5.32 Å². The molecular formula is C13H16N2S. The van der Waals surface area contributed by atoms with Crippen molar-refractivity contribution in [1.29, 1.82) is 0 Å². The number of nitrogens with zero attached hydrogens (tertiary/aromatic N) is 1. The van der Waals surface area contributed by atoms with Crippen LogP contribution in [0.15, 0.2) is 23.7 Å². The van der Waals surface area contributed by atoms with E-state index < -0.39 is 0 Å². The molecule has 2 aromatic rings. The lowest BCUT2D eigenvalue weighted by Crippen LogP contribution is -2.24. The number of hydrogen-bond acceptors (Lipinski definition) is 3. The van der Waals surface area contributed by atoms with E-state index in [9.17, 15) is 0 Å². The van der Waals surface area contributed by atoms with Crippen LogP contribution < -0.4 is 5.32 Å². The van der Waals surface area contributed by atoms with E-state index in [0.29, 0.717) is 11.5 Å². The van der Waals surface area contributed by atoms with Crippen LogP contribution in [0.1, 0.15) is 26.7 Å². The first-order chi connectivity index (χ1) is 7.67. The average molecular weight is 232 g/mol. The van der Waals surface area contributed by atoms with Gasteiger partial charge in [0.1, 0.15) is 0 Å². The molecule has 1 saturated carbocycles. The number of thiazole rings is 1. The van der Waals surface area contributed by atoms with Gasteiger partial charge in [0.25, 0.3) is 0 Å². The Morgan fingerprint density at radius 2 is 2.25 bits per heavy atom. The molecule has 1 aliphatic carbocycles. The average Bonchev–Trinajstić information content (AvgIpc) is 2.87. The Morgan fingerprint density at radius 3 is 3.00 bits per heavy atom. The molecule has 1 aliphatic rings. The highest BCUT2D eigenvalue weighted by atomic mass is 32.1. The third-order valence-electron chi connectivity index (χ3n) is 3.80. The molecule has 1 N–H and O–H groups in total. The van der Waals surface area contributed by atoms with Crippen molar-refractivity contribution in [3.05, 3.63) is 23.7 Å². The normalized spacial score (nSPS) is 19.6. The van der Waals surface area contributed by atoms with Gasteiger partial charge in [-0.3, -0.25) is 0 Å². The van der Waals surface area contributed by atoms with Gasteiger partial charge in [0, 0.05) is 11.7 Å². The Labute approximate surface area is 99.7 Å². The van der Waals surface area contributed by atoms with Crippen molar-refractivity contribution in [3.8, 4) is 0 Å². The monoisotopic (exact) mass is 232 g/mol. The van der Waals surface area contributed by atoms with E-state index in [0.717, 1.165) is 5.52 Å². The molecule has 3 rings (SSSR count). The smallest absolute Gasteiger partial charge is 0.0813 e. The van der Waals surface area contributed by atoms with Crippen molar-refractivity contribution in [2.45, 2.75) is 32.7 Å². The van der Waals surface area contributed by atoms with Crippen LogP contribution in [0, 0.1) is 5.41 Å². The standard InChI is InChI=1S/C13H16N2S/c1-9(13(2)5-6-13)15-10-3-4-11-12(7-10)16-8-14-11/h3-4,7-9,15H,5-6H2,1-2H3. The first-order valence-electron chi connectivity index (χ1n) is 5.77. The van der Waals surface area contributed by atoms with Crippen molar-refractivity contribution in [1.82, 2.24) is 4.98 Å². The number of hydrogen-bond donors (Lipinski definition) is 1. The summed E-state index contributed by atoms with van der Waals surface area (Å²) in [6.45, 7) is 4.64. The lowest BCUT2D eigenvalue weighted by atomic mass is 10.0. The van der Waals surface area contributed by atoms with Gasteiger partial charge < -0.3 is 5.32 Å². The van der Waals surface area contributed by atoms with Gasteiger partial charge in [-0.25, -0.2) is 4.98 Å². The molecule has 0 radical (unpaired) electrons. The molecule has 84 valence electrons.